The summed E-state index contributed by atoms with van der Waals surface area (Å²) in [4.78, 5) is 19.2. The third-order valence-corrected chi connectivity index (χ3v) is 4.00. The molecule has 0 radical (unpaired) electrons. The van der Waals surface area contributed by atoms with Gasteiger partial charge in [-0.2, -0.15) is 0 Å². The van der Waals surface area contributed by atoms with E-state index < -0.39 is 0 Å². The van der Waals surface area contributed by atoms with Gasteiger partial charge in [-0.25, -0.2) is 4.98 Å². The van der Waals surface area contributed by atoms with Gasteiger partial charge in [0.05, 0.1) is 12.6 Å². The molecule has 2 aromatic rings. The molecular formula is C16H17N3O2. The monoisotopic (exact) mass is 283 g/mol. The largest absolute Gasteiger partial charge is 0.493 e. The van der Waals surface area contributed by atoms with Gasteiger partial charge in [0.25, 0.3) is 5.56 Å². The molecule has 1 aromatic carbocycles. The van der Waals surface area contributed by atoms with Crippen molar-refractivity contribution < 1.29 is 4.74 Å². The maximum absolute atomic E-state index is 11.8. The van der Waals surface area contributed by atoms with E-state index in [4.69, 9.17) is 4.74 Å². The zero-order chi connectivity index (χ0) is 14.2. The summed E-state index contributed by atoms with van der Waals surface area (Å²) in [6, 6.07) is 9.67. The first kappa shape index (κ1) is 12.4. The molecule has 0 saturated heterocycles. The van der Waals surface area contributed by atoms with Gasteiger partial charge in [0.15, 0.2) is 0 Å². The number of rotatable bonds is 3. The van der Waals surface area contributed by atoms with Crippen LogP contribution in [0.3, 0.4) is 0 Å². The second-order valence-electron chi connectivity index (χ2n) is 5.66. The van der Waals surface area contributed by atoms with E-state index in [1.165, 1.54) is 6.07 Å². The molecule has 0 bridgehead atoms. The quantitative estimate of drug-likeness (QED) is 0.908. The summed E-state index contributed by atoms with van der Waals surface area (Å²) >= 11 is 0. The minimum atomic E-state index is -0.0882. The summed E-state index contributed by atoms with van der Waals surface area (Å²) in [6.45, 7) is 0.674. The van der Waals surface area contributed by atoms with Crippen LogP contribution >= 0.6 is 0 Å². The topological polar surface area (TPSA) is 67.0 Å². The number of hydrogen-bond acceptors (Lipinski definition) is 4. The Bertz CT molecular complexity index is 721. The van der Waals surface area contributed by atoms with Gasteiger partial charge in [0.1, 0.15) is 17.4 Å². The van der Waals surface area contributed by atoms with Crippen molar-refractivity contribution in [2.75, 3.05) is 11.9 Å². The second-order valence-corrected chi connectivity index (χ2v) is 5.66. The highest BCUT2D eigenvalue weighted by Crippen LogP contribution is 2.38. The van der Waals surface area contributed by atoms with Crippen LogP contribution in [0.5, 0.6) is 5.75 Å². The predicted molar refractivity (Wildman–Crippen MR) is 79.8 cm³/mol. The first-order chi connectivity index (χ1) is 10.3. The number of hydrogen-bond donors (Lipinski definition) is 2. The van der Waals surface area contributed by atoms with E-state index in [1.807, 2.05) is 18.2 Å². The molecule has 0 amide bonds. The molecule has 21 heavy (non-hydrogen) atoms. The van der Waals surface area contributed by atoms with E-state index in [1.54, 1.807) is 0 Å². The Hall–Kier alpha value is -2.30. The van der Waals surface area contributed by atoms with Gasteiger partial charge in [0, 0.05) is 24.0 Å². The molecular weight excluding hydrogens is 266 g/mol. The lowest BCUT2D eigenvalue weighted by Crippen LogP contribution is -2.22. The Morgan fingerprint density at radius 1 is 1.24 bits per heavy atom. The highest BCUT2D eigenvalue weighted by Gasteiger charge is 2.27. The van der Waals surface area contributed by atoms with Crippen molar-refractivity contribution in [2.24, 2.45) is 0 Å². The molecule has 1 atom stereocenters. The van der Waals surface area contributed by atoms with Crippen LogP contribution in [0.2, 0.25) is 0 Å². The molecule has 4 rings (SSSR count). The smallest absolute Gasteiger partial charge is 0.252 e. The molecule has 2 N–H and O–H groups in total. The predicted octanol–water partition coefficient (Wildman–Crippen LogP) is 2.58. The number of H-pyrrole nitrogens is 1. The Balaban J connectivity index is 1.63. The number of nitrogens with zero attached hydrogens (tertiary/aromatic N) is 1. The lowest BCUT2D eigenvalue weighted by atomic mass is 10.0. The lowest BCUT2D eigenvalue weighted by molar-refractivity contribution is 0.274. The number of anilines is 1. The molecule has 5 nitrogen and oxygen atoms in total. The fourth-order valence-electron chi connectivity index (χ4n) is 2.77. The molecule has 1 aliphatic carbocycles. The van der Waals surface area contributed by atoms with Gasteiger partial charge in [-0.05, 0) is 18.9 Å². The zero-order valence-electron chi connectivity index (χ0n) is 11.6. The van der Waals surface area contributed by atoms with Crippen LogP contribution in [0.1, 0.15) is 42.6 Å². The first-order valence-corrected chi connectivity index (χ1v) is 7.39. The summed E-state index contributed by atoms with van der Waals surface area (Å²) in [7, 11) is 0. The summed E-state index contributed by atoms with van der Waals surface area (Å²) < 4.78 is 5.66. The average Bonchev–Trinajstić information content (AvgIpc) is 3.32. The van der Waals surface area contributed by atoms with E-state index in [0.29, 0.717) is 18.3 Å². The number of ether oxygens (including phenoxy) is 1. The summed E-state index contributed by atoms with van der Waals surface area (Å²) in [5.74, 6) is 2.81. The minimum Gasteiger partial charge on any atom is -0.493 e. The van der Waals surface area contributed by atoms with Crippen LogP contribution in [-0.2, 0) is 0 Å². The van der Waals surface area contributed by atoms with Crippen LogP contribution in [0.15, 0.2) is 35.1 Å². The summed E-state index contributed by atoms with van der Waals surface area (Å²) in [5.41, 5.74) is 1.04. The van der Waals surface area contributed by atoms with Crippen LogP contribution in [-0.4, -0.2) is 16.6 Å². The maximum atomic E-state index is 11.8. The van der Waals surface area contributed by atoms with E-state index in [-0.39, 0.29) is 11.6 Å². The molecule has 1 unspecified atom stereocenters. The number of para-hydroxylation sites is 1. The van der Waals surface area contributed by atoms with Crippen molar-refractivity contribution in [1.29, 1.82) is 0 Å². The second kappa shape index (κ2) is 4.91. The molecule has 2 aliphatic rings. The van der Waals surface area contributed by atoms with Crippen molar-refractivity contribution in [3.63, 3.8) is 0 Å². The number of aromatic amines is 1. The Morgan fingerprint density at radius 2 is 2.10 bits per heavy atom. The molecule has 1 aliphatic heterocycles. The SMILES string of the molecule is O=c1cc(NC2CCOc3ccccc32)nc(C2CC2)[nH]1. The van der Waals surface area contributed by atoms with E-state index in [9.17, 15) is 4.79 Å². The molecule has 5 heteroatoms. The van der Waals surface area contributed by atoms with Gasteiger partial charge in [-0.15, -0.1) is 0 Å². The third-order valence-electron chi connectivity index (χ3n) is 4.00. The summed E-state index contributed by atoms with van der Waals surface area (Å²) in [5, 5.41) is 3.39. The third kappa shape index (κ3) is 2.51. The minimum absolute atomic E-state index is 0.0882. The number of benzene rings is 1. The van der Waals surface area contributed by atoms with Crippen LogP contribution in [0.4, 0.5) is 5.82 Å². The molecule has 1 saturated carbocycles. The Kier molecular flexibility index (Phi) is 2.91. The number of aromatic nitrogens is 2. The fraction of sp³-hybridized carbons (Fsp3) is 0.375. The molecule has 1 fully saturated rings. The standard InChI is InChI=1S/C16H17N3O2/c20-15-9-14(18-16(19-15)10-5-6-10)17-12-7-8-21-13-4-2-1-3-11(12)13/h1-4,9-10,12H,5-8H2,(H2,17,18,19,20). The van der Waals surface area contributed by atoms with E-state index in [2.05, 4.69) is 21.4 Å². The van der Waals surface area contributed by atoms with Gasteiger partial charge < -0.3 is 15.0 Å². The van der Waals surface area contributed by atoms with Crippen molar-refractivity contribution in [2.45, 2.75) is 31.2 Å². The number of nitrogens with one attached hydrogen (secondary N) is 2. The normalized spacial score (nSPS) is 20.5. The lowest BCUT2D eigenvalue weighted by Gasteiger charge is -2.27. The molecule has 1 aromatic heterocycles. The Morgan fingerprint density at radius 3 is 2.95 bits per heavy atom. The van der Waals surface area contributed by atoms with Crippen molar-refractivity contribution >= 4 is 5.82 Å². The van der Waals surface area contributed by atoms with Gasteiger partial charge in [-0.3, -0.25) is 4.79 Å². The highest BCUT2D eigenvalue weighted by atomic mass is 16.5. The molecule has 0 spiro atoms. The van der Waals surface area contributed by atoms with Crippen LogP contribution in [0, 0.1) is 0 Å². The van der Waals surface area contributed by atoms with Crippen molar-refractivity contribution in [3.8, 4) is 5.75 Å². The zero-order valence-corrected chi connectivity index (χ0v) is 11.6. The van der Waals surface area contributed by atoms with E-state index >= 15 is 0 Å². The van der Waals surface area contributed by atoms with Gasteiger partial charge >= 0.3 is 0 Å². The van der Waals surface area contributed by atoms with Crippen molar-refractivity contribution in [3.05, 3.63) is 52.1 Å². The number of fused-ring (bicyclic) bond motifs is 1. The fourth-order valence-corrected chi connectivity index (χ4v) is 2.77. The van der Waals surface area contributed by atoms with E-state index in [0.717, 1.165) is 36.4 Å². The van der Waals surface area contributed by atoms with Gasteiger partial charge in [0.2, 0.25) is 0 Å². The van der Waals surface area contributed by atoms with Crippen LogP contribution in [0.25, 0.3) is 0 Å². The molecule has 108 valence electrons. The maximum Gasteiger partial charge on any atom is 0.252 e. The van der Waals surface area contributed by atoms with Crippen LogP contribution < -0.4 is 15.6 Å². The first-order valence-electron chi connectivity index (χ1n) is 7.39. The Labute approximate surface area is 122 Å². The average molecular weight is 283 g/mol. The van der Waals surface area contributed by atoms with Gasteiger partial charge in [-0.1, -0.05) is 18.2 Å². The highest BCUT2D eigenvalue weighted by molar-refractivity contribution is 5.44. The molecule has 2 heterocycles. The van der Waals surface area contributed by atoms with Crippen molar-refractivity contribution in [1.82, 2.24) is 9.97 Å². The summed E-state index contributed by atoms with van der Waals surface area (Å²) in [6.07, 6.45) is 3.10.